The van der Waals surface area contributed by atoms with E-state index in [-0.39, 0.29) is 17.1 Å². The van der Waals surface area contributed by atoms with Crippen LogP contribution in [0.5, 0.6) is 11.5 Å². The molecule has 0 aliphatic rings. The lowest BCUT2D eigenvalue weighted by molar-refractivity contribution is 0.419. The molecule has 0 atom stereocenters. The Kier molecular flexibility index (Phi) is 4.48. The summed E-state index contributed by atoms with van der Waals surface area (Å²) in [5, 5.41) is 15.6. The topological polar surface area (TPSA) is 89.9 Å². The first-order chi connectivity index (χ1) is 15.2. The molecule has 0 amide bonds. The number of hydrogen-bond acceptors (Lipinski definition) is 6. The van der Waals surface area contributed by atoms with Gasteiger partial charge in [-0.2, -0.15) is 9.78 Å². The van der Waals surface area contributed by atoms with Gasteiger partial charge in [0, 0.05) is 5.56 Å². The van der Waals surface area contributed by atoms with Crippen LogP contribution in [0.15, 0.2) is 87.1 Å². The third-order valence-corrected chi connectivity index (χ3v) is 4.96. The van der Waals surface area contributed by atoms with Crippen molar-refractivity contribution in [1.82, 2.24) is 9.66 Å². The second-order valence-electron chi connectivity index (χ2n) is 6.86. The van der Waals surface area contributed by atoms with Gasteiger partial charge in [-0.3, -0.25) is 4.79 Å². The Morgan fingerprint density at radius 2 is 1.84 bits per heavy atom. The molecule has 7 nitrogen and oxygen atoms in total. The fourth-order valence-corrected chi connectivity index (χ4v) is 3.43. The standard InChI is InChI=1S/C24H17N3O4/c1-30-20-11-6-12-21-17(20)13-22(31-21)23-26-18-9-4-3-8-16(18)24(29)27(23)25-14-15-7-2-5-10-19(15)28/h2-14,28H,1H3. The number of fused-ring (bicyclic) bond motifs is 2. The number of nitrogens with zero attached hydrogens (tertiary/aromatic N) is 3. The second kappa shape index (κ2) is 7.46. The van der Waals surface area contributed by atoms with E-state index in [1.165, 1.54) is 10.9 Å². The predicted molar refractivity (Wildman–Crippen MR) is 119 cm³/mol. The van der Waals surface area contributed by atoms with Crippen LogP contribution in [0.1, 0.15) is 5.56 Å². The van der Waals surface area contributed by atoms with Crippen LogP contribution in [0.2, 0.25) is 0 Å². The number of phenols is 1. The Balaban J connectivity index is 1.77. The first-order valence-corrected chi connectivity index (χ1v) is 9.57. The van der Waals surface area contributed by atoms with Gasteiger partial charge in [-0.15, -0.1) is 0 Å². The lowest BCUT2D eigenvalue weighted by atomic mass is 10.2. The van der Waals surface area contributed by atoms with Gasteiger partial charge in [0.2, 0.25) is 5.82 Å². The summed E-state index contributed by atoms with van der Waals surface area (Å²) in [6.45, 7) is 0. The van der Waals surface area contributed by atoms with Crippen molar-refractivity contribution in [3.63, 3.8) is 0 Å². The number of ether oxygens (including phenoxy) is 1. The van der Waals surface area contributed by atoms with E-state index in [9.17, 15) is 9.90 Å². The largest absolute Gasteiger partial charge is 0.507 e. The highest BCUT2D eigenvalue weighted by atomic mass is 16.5. The Labute approximate surface area is 176 Å². The van der Waals surface area contributed by atoms with Gasteiger partial charge >= 0.3 is 0 Å². The SMILES string of the molecule is COc1cccc2oc(-c3nc4ccccc4c(=O)n3N=Cc3ccccc3O)cc12. The molecule has 0 aliphatic carbocycles. The third-order valence-electron chi connectivity index (χ3n) is 4.96. The van der Waals surface area contributed by atoms with Gasteiger partial charge in [-0.1, -0.05) is 30.3 Å². The number of hydrogen-bond donors (Lipinski definition) is 1. The number of furan rings is 1. The summed E-state index contributed by atoms with van der Waals surface area (Å²) >= 11 is 0. The van der Waals surface area contributed by atoms with Crippen molar-refractivity contribution in [3.8, 4) is 23.1 Å². The molecule has 0 radical (unpaired) electrons. The van der Waals surface area contributed by atoms with Crippen LogP contribution in [0, 0.1) is 0 Å². The fraction of sp³-hybridized carbons (Fsp3) is 0.0417. The Morgan fingerprint density at radius 1 is 1.03 bits per heavy atom. The van der Waals surface area contributed by atoms with Gasteiger partial charge < -0.3 is 14.3 Å². The number of rotatable bonds is 4. The van der Waals surface area contributed by atoms with Gasteiger partial charge in [-0.25, -0.2) is 4.98 Å². The minimum atomic E-state index is -0.348. The van der Waals surface area contributed by atoms with Crippen molar-refractivity contribution in [2.45, 2.75) is 0 Å². The zero-order chi connectivity index (χ0) is 21.4. The first kappa shape index (κ1) is 18.6. The average Bonchev–Trinajstić information content (AvgIpc) is 3.24. The summed E-state index contributed by atoms with van der Waals surface area (Å²) in [4.78, 5) is 17.9. The zero-order valence-corrected chi connectivity index (χ0v) is 16.5. The quantitative estimate of drug-likeness (QED) is 0.443. The van der Waals surface area contributed by atoms with Gasteiger partial charge in [0.1, 0.15) is 17.1 Å². The van der Waals surface area contributed by atoms with E-state index in [0.29, 0.717) is 33.6 Å². The van der Waals surface area contributed by atoms with Gasteiger partial charge in [-0.05, 0) is 42.5 Å². The molecule has 0 saturated heterocycles. The molecule has 0 spiro atoms. The number of aromatic nitrogens is 2. The summed E-state index contributed by atoms with van der Waals surface area (Å²) in [6, 6.07) is 21.0. The monoisotopic (exact) mass is 411 g/mol. The van der Waals surface area contributed by atoms with E-state index in [4.69, 9.17) is 9.15 Å². The van der Waals surface area contributed by atoms with Crippen molar-refractivity contribution in [1.29, 1.82) is 0 Å². The molecule has 152 valence electrons. The summed E-state index contributed by atoms with van der Waals surface area (Å²) in [7, 11) is 1.59. The Morgan fingerprint density at radius 3 is 2.68 bits per heavy atom. The lowest BCUT2D eigenvalue weighted by Crippen LogP contribution is -2.20. The van der Waals surface area contributed by atoms with Crippen LogP contribution in [0.4, 0.5) is 0 Å². The van der Waals surface area contributed by atoms with Gasteiger partial charge in [0.05, 0.1) is 29.6 Å². The second-order valence-corrected chi connectivity index (χ2v) is 6.86. The van der Waals surface area contributed by atoms with Crippen LogP contribution in [0.3, 0.4) is 0 Å². The third kappa shape index (κ3) is 3.22. The van der Waals surface area contributed by atoms with E-state index in [1.807, 2.05) is 24.3 Å². The number of benzene rings is 3. The average molecular weight is 411 g/mol. The molecule has 0 aliphatic heterocycles. The Bertz CT molecular complexity index is 1510. The van der Waals surface area contributed by atoms with Crippen LogP contribution in [-0.2, 0) is 0 Å². The van der Waals surface area contributed by atoms with E-state index in [2.05, 4.69) is 10.1 Å². The van der Waals surface area contributed by atoms with E-state index in [0.717, 1.165) is 5.39 Å². The van der Waals surface area contributed by atoms with E-state index >= 15 is 0 Å². The number of methoxy groups -OCH3 is 1. The van der Waals surface area contributed by atoms with Crippen LogP contribution >= 0.6 is 0 Å². The maximum atomic E-state index is 13.2. The molecule has 5 aromatic rings. The molecule has 0 fully saturated rings. The minimum Gasteiger partial charge on any atom is -0.507 e. The molecule has 5 rings (SSSR count). The highest BCUT2D eigenvalue weighted by Crippen LogP contribution is 2.32. The zero-order valence-electron chi connectivity index (χ0n) is 16.5. The van der Waals surface area contributed by atoms with Crippen molar-refractivity contribution in [2.75, 3.05) is 7.11 Å². The molecule has 0 bridgehead atoms. The van der Waals surface area contributed by atoms with Crippen molar-refractivity contribution in [2.24, 2.45) is 5.10 Å². The molecule has 3 aromatic carbocycles. The van der Waals surface area contributed by atoms with Gasteiger partial charge in [0.25, 0.3) is 5.56 Å². The smallest absolute Gasteiger partial charge is 0.282 e. The van der Waals surface area contributed by atoms with E-state index < -0.39 is 0 Å². The number of aromatic hydroxyl groups is 1. The summed E-state index contributed by atoms with van der Waals surface area (Å²) in [5.41, 5.74) is 1.26. The van der Waals surface area contributed by atoms with Crippen LogP contribution in [-0.4, -0.2) is 28.1 Å². The van der Waals surface area contributed by atoms with E-state index in [1.54, 1.807) is 55.6 Å². The molecular formula is C24H17N3O4. The number of para-hydroxylation sites is 2. The predicted octanol–water partition coefficient (Wildman–Crippen LogP) is 4.41. The molecule has 2 heterocycles. The minimum absolute atomic E-state index is 0.0584. The summed E-state index contributed by atoms with van der Waals surface area (Å²) < 4.78 is 12.6. The molecule has 2 aromatic heterocycles. The number of phenolic OH excluding ortho intramolecular Hbond substituents is 1. The first-order valence-electron chi connectivity index (χ1n) is 9.57. The highest BCUT2D eigenvalue weighted by Gasteiger charge is 2.17. The molecular weight excluding hydrogens is 394 g/mol. The molecule has 7 heteroatoms. The molecule has 31 heavy (non-hydrogen) atoms. The lowest BCUT2D eigenvalue weighted by Gasteiger charge is -2.07. The van der Waals surface area contributed by atoms with Gasteiger partial charge in [0.15, 0.2) is 5.76 Å². The maximum Gasteiger partial charge on any atom is 0.282 e. The maximum absolute atomic E-state index is 13.2. The van der Waals surface area contributed by atoms with Crippen molar-refractivity contribution < 1.29 is 14.3 Å². The normalized spacial score (nSPS) is 11.5. The molecule has 0 saturated carbocycles. The molecule has 0 unspecified atom stereocenters. The Hall–Kier alpha value is -4.39. The molecule has 1 N–H and O–H groups in total. The summed E-state index contributed by atoms with van der Waals surface area (Å²) in [5.74, 6) is 1.33. The van der Waals surface area contributed by atoms with Crippen molar-refractivity contribution in [3.05, 3.63) is 88.7 Å². The van der Waals surface area contributed by atoms with Crippen molar-refractivity contribution >= 4 is 28.1 Å². The summed E-state index contributed by atoms with van der Waals surface area (Å²) in [6.07, 6.45) is 1.42. The highest BCUT2D eigenvalue weighted by molar-refractivity contribution is 5.89. The van der Waals surface area contributed by atoms with Crippen LogP contribution in [0.25, 0.3) is 33.5 Å². The van der Waals surface area contributed by atoms with Crippen LogP contribution < -0.4 is 10.3 Å². The fourth-order valence-electron chi connectivity index (χ4n) is 3.43.